The highest BCUT2D eigenvalue weighted by Gasteiger charge is 2.77. The SMILES string of the molecule is CCCNC(=O)[C@H]1[C@H]2C(=O)N(CCCO)C(C(=O)NC3CCCCC3)C23CC[C@]1(C)O3. The van der Waals surface area contributed by atoms with Crippen molar-refractivity contribution in [1.29, 1.82) is 0 Å². The van der Waals surface area contributed by atoms with Crippen LogP contribution < -0.4 is 10.6 Å². The molecule has 3 aliphatic heterocycles. The van der Waals surface area contributed by atoms with Crippen molar-refractivity contribution in [3.05, 3.63) is 0 Å². The van der Waals surface area contributed by atoms with Crippen LogP contribution in [0.2, 0.25) is 0 Å². The number of ether oxygens (including phenoxy) is 1. The van der Waals surface area contributed by atoms with Gasteiger partial charge in [0.1, 0.15) is 11.6 Å². The van der Waals surface area contributed by atoms with Gasteiger partial charge in [0, 0.05) is 25.7 Å². The summed E-state index contributed by atoms with van der Waals surface area (Å²) in [5.41, 5.74) is -1.70. The Hall–Kier alpha value is -1.67. The normalized spacial score (nSPS) is 37.2. The van der Waals surface area contributed by atoms with Gasteiger partial charge in [-0.1, -0.05) is 26.2 Å². The Morgan fingerprint density at radius 3 is 2.61 bits per heavy atom. The minimum Gasteiger partial charge on any atom is -0.396 e. The number of fused-ring (bicyclic) bond motifs is 1. The molecule has 0 aromatic rings. The quantitative estimate of drug-likeness (QED) is 0.529. The summed E-state index contributed by atoms with van der Waals surface area (Å²) in [7, 11) is 0. The molecule has 3 amide bonds. The molecule has 0 aromatic heterocycles. The lowest BCUT2D eigenvalue weighted by atomic mass is 9.66. The Morgan fingerprint density at radius 2 is 1.94 bits per heavy atom. The van der Waals surface area contributed by atoms with Gasteiger partial charge in [0.15, 0.2) is 0 Å². The summed E-state index contributed by atoms with van der Waals surface area (Å²) in [5, 5.41) is 15.5. The molecule has 1 spiro atoms. The van der Waals surface area contributed by atoms with Gasteiger partial charge in [0.05, 0.1) is 17.4 Å². The molecule has 0 aromatic carbocycles. The van der Waals surface area contributed by atoms with Crippen molar-refractivity contribution in [2.24, 2.45) is 11.8 Å². The van der Waals surface area contributed by atoms with E-state index in [1.807, 2.05) is 13.8 Å². The van der Waals surface area contributed by atoms with E-state index in [9.17, 15) is 19.5 Å². The van der Waals surface area contributed by atoms with Crippen molar-refractivity contribution >= 4 is 17.7 Å². The van der Waals surface area contributed by atoms with Crippen LogP contribution in [-0.2, 0) is 19.1 Å². The fraction of sp³-hybridized carbons (Fsp3) is 0.870. The molecule has 3 saturated heterocycles. The van der Waals surface area contributed by atoms with Crippen molar-refractivity contribution in [3.63, 3.8) is 0 Å². The zero-order valence-electron chi connectivity index (χ0n) is 18.8. The van der Waals surface area contributed by atoms with Crippen molar-refractivity contribution < 1.29 is 24.2 Å². The van der Waals surface area contributed by atoms with E-state index >= 15 is 0 Å². The number of carbonyl (C=O) groups is 3. The molecule has 2 bridgehead atoms. The lowest BCUT2D eigenvalue weighted by Gasteiger charge is -2.35. The highest BCUT2D eigenvalue weighted by atomic mass is 16.5. The van der Waals surface area contributed by atoms with Gasteiger partial charge in [0.25, 0.3) is 0 Å². The first kappa shape index (κ1) is 22.5. The van der Waals surface area contributed by atoms with Crippen LogP contribution in [0.3, 0.4) is 0 Å². The molecule has 4 rings (SSSR count). The molecule has 5 atom stereocenters. The first-order chi connectivity index (χ1) is 14.9. The molecule has 3 heterocycles. The third kappa shape index (κ3) is 3.65. The Bertz CT molecular complexity index is 724. The number of nitrogens with one attached hydrogen (secondary N) is 2. The van der Waals surface area contributed by atoms with Crippen molar-refractivity contribution in [1.82, 2.24) is 15.5 Å². The van der Waals surface area contributed by atoms with Crippen molar-refractivity contribution in [2.75, 3.05) is 19.7 Å². The number of hydrogen-bond acceptors (Lipinski definition) is 5. The fourth-order valence-corrected chi connectivity index (χ4v) is 6.49. The Balaban J connectivity index is 1.64. The maximum absolute atomic E-state index is 13.6. The lowest BCUT2D eigenvalue weighted by molar-refractivity contribution is -0.146. The van der Waals surface area contributed by atoms with E-state index in [1.54, 1.807) is 4.90 Å². The van der Waals surface area contributed by atoms with Crippen LogP contribution in [0, 0.1) is 11.8 Å². The summed E-state index contributed by atoms with van der Waals surface area (Å²) in [6.45, 7) is 4.69. The van der Waals surface area contributed by atoms with Crippen LogP contribution in [0.15, 0.2) is 0 Å². The second-order valence-electron chi connectivity index (χ2n) is 9.97. The second-order valence-corrected chi connectivity index (χ2v) is 9.97. The van der Waals surface area contributed by atoms with Crippen molar-refractivity contribution in [3.8, 4) is 0 Å². The van der Waals surface area contributed by atoms with E-state index in [0.717, 1.165) is 32.1 Å². The van der Waals surface area contributed by atoms with Gasteiger partial charge in [-0.15, -0.1) is 0 Å². The predicted octanol–water partition coefficient (Wildman–Crippen LogP) is 1.11. The monoisotopic (exact) mass is 435 g/mol. The van der Waals surface area contributed by atoms with E-state index in [4.69, 9.17) is 4.74 Å². The number of carbonyl (C=O) groups excluding carboxylic acids is 3. The minimum absolute atomic E-state index is 0.0581. The van der Waals surface area contributed by atoms with Crippen LogP contribution >= 0.6 is 0 Å². The lowest BCUT2D eigenvalue weighted by Crippen LogP contribution is -2.57. The summed E-state index contributed by atoms with van der Waals surface area (Å²) in [5.74, 6) is -1.75. The first-order valence-electron chi connectivity index (χ1n) is 12.1. The molecule has 8 nitrogen and oxygen atoms in total. The molecule has 174 valence electrons. The van der Waals surface area contributed by atoms with Gasteiger partial charge >= 0.3 is 0 Å². The summed E-state index contributed by atoms with van der Waals surface area (Å²) < 4.78 is 6.54. The summed E-state index contributed by atoms with van der Waals surface area (Å²) in [6.07, 6.45) is 7.77. The van der Waals surface area contributed by atoms with Gasteiger partial charge in [0.2, 0.25) is 17.7 Å². The Morgan fingerprint density at radius 1 is 1.19 bits per heavy atom. The largest absolute Gasteiger partial charge is 0.396 e. The van der Waals surface area contributed by atoms with Gasteiger partial charge < -0.3 is 25.4 Å². The zero-order valence-corrected chi connectivity index (χ0v) is 18.8. The van der Waals surface area contributed by atoms with E-state index in [-0.39, 0.29) is 30.4 Å². The van der Waals surface area contributed by atoms with Gasteiger partial charge in [-0.2, -0.15) is 0 Å². The maximum Gasteiger partial charge on any atom is 0.246 e. The number of aliphatic hydroxyl groups is 1. The van der Waals surface area contributed by atoms with Crippen molar-refractivity contribution in [2.45, 2.75) is 94.9 Å². The number of nitrogens with zero attached hydrogens (tertiary/aromatic N) is 1. The molecule has 0 radical (unpaired) electrons. The third-order valence-electron chi connectivity index (χ3n) is 7.87. The number of aliphatic hydroxyl groups excluding tert-OH is 1. The number of likely N-dealkylation sites (tertiary alicyclic amines) is 1. The highest BCUT2D eigenvalue weighted by molar-refractivity contribution is 5.99. The first-order valence-corrected chi connectivity index (χ1v) is 12.1. The molecule has 4 fully saturated rings. The number of rotatable bonds is 8. The van der Waals surface area contributed by atoms with E-state index < -0.39 is 29.1 Å². The summed E-state index contributed by atoms with van der Waals surface area (Å²) in [6, 6.07) is -0.617. The van der Waals surface area contributed by atoms with Gasteiger partial charge in [-0.05, 0) is 45.4 Å². The number of amides is 3. The van der Waals surface area contributed by atoms with E-state index in [0.29, 0.717) is 32.4 Å². The molecule has 31 heavy (non-hydrogen) atoms. The minimum atomic E-state index is -0.964. The maximum atomic E-state index is 13.6. The van der Waals surface area contributed by atoms with Crippen LogP contribution in [0.4, 0.5) is 0 Å². The smallest absolute Gasteiger partial charge is 0.246 e. The molecular weight excluding hydrogens is 398 g/mol. The van der Waals surface area contributed by atoms with Crippen LogP contribution in [-0.4, -0.2) is 70.7 Å². The van der Waals surface area contributed by atoms with Crippen LogP contribution in [0.5, 0.6) is 0 Å². The Kier molecular flexibility index (Phi) is 6.32. The molecule has 2 unspecified atom stereocenters. The molecule has 1 saturated carbocycles. The van der Waals surface area contributed by atoms with Gasteiger partial charge in [-0.3, -0.25) is 14.4 Å². The molecule has 8 heteroatoms. The molecule has 4 aliphatic rings. The summed E-state index contributed by atoms with van der Waals surface area (Å²) in [4.78, 5) is 41.9. The summed E-state index contributed by atoms with van der Waals surface area (Å²) >= 11 is 0. The van der Waals surface area contributed by atoms with Crippen LogP contribution in [0.1, 0.15) is 71.6 Å². The predicted molar refractivity (Wildman–Crippen MR) is 114 cm³/mol. The van der Waals surface area contributed by atoms with E-state index in [1.165, 1.54) is 6.42 Å². The fourth-order valence-electron chi connectivity index (χ4n) is 6.49. The van der Waals surface area contributed by atoms with E-state index in [2.05, 4.69) is 10.6 Å². The topological polar surface area (TPSA) is 108 Å². The molecule has 1 aliphatic carbocycles. The average molecular weight is 436 g/mol. The average Bonchev–Trinajstić information content (AvgIpc) is 3.32. The third-order valence-corrected chi connectivity index (χ3v) is 7.87. The zero-order chi connectivity index (χ0) is 22.2. The standard InChI is InChI=1S/C23H37N3O5/c1-3-12-24-19(28)16-17-21(30)26(13-7-14-27)18(23(17)11-10-22(16,2)31-23)20(29)25-15-8-5-4-6-9-15/h15-18,27H,3-14H2,1-2H3,(H,24,28)(H,25,29)/t16-,17+,18?,22+,23?/m1/s1. The van der Waals surface area contributed by atoms with Gasteiger partial charge in [-0.25, -0.2) is 0 Å². The Labute approximate surface area is 184 Å². The number of hydrogen-bond donors (Lipinski definition) is 3. The molecular formula is C23H37N3O5. The highest BCUT2D eigenvalue weighted by Crippen LogP contribution is 2.63. The second kappa shape index (κ2) is 8.70. The molecule has 3 N–H and O–H groups in total. The van der Waals surface area contributed by atoms with Crippen LogP contribution in [0.25, 0.3) is 0 Å².